The van der Waals surface area contributed by atoms with Gasteiger partial charge in [0.15, 0.2) is 0 Å². The van der Waals surface area contributed by atoms with Crippen molar-refractivity contribution in [2.24, 2.45) is 5.92 Å². The molecule has 19 heavy (non-hydrogen) atoms. The Kier molecular flexibility index (Phi) is 5.22. The minimum absolute atomic E-state index is 0.354. The summed E-state index contributed by atoms with van der Waals surface area (Å²) in [6.45, 7) is 10.9. The van der Waals surface area contributed by atoms with E-state index in [1.54, 1.807) is 0 Å². The van der Waals surface area contributed by atoms with Crippen LogP contribution in [-0.2, 0) is 4.79 Å². The monoisotopic (exact) mass is 267 g/mol. The lowest BCUT2D eigenvalue weighted by molar-refractivity contribution is -0.133. The fraction of sp³-hybridized carbons (Fsp3) is 0.933. The van der Waals surface area contributed by atoms with Gasteiger partial charge in [0.05, 0.1) is 0 Å². The van der Waals surface area contributed by atoms with Crippen molar-refractivity contribution in [3.63, 3.8) is 0 Å². The lowest BCUT2D eigenvalue weighted by Gasteiger charge is -2.42. The smallest absolute Gasteiger partial charge is 0.222 e. The molecule has 0 bridgehead atoms. The fourth-order valence-corrected chi connectivity index (χ4v) is 3.15. The van der Waals surface area contributed by atoms with Gasteiger partial charge in [0.2, 0.25) is 5.91 Å². The molecule has 4 heteroatoms. The highest BCUT2D eigenvalue weighted by Crippen LogP contribution is 2.19. The van der Waals surface area contributed by atoms with E-state index in [4.69, 9.17) is 0 Å². The molecule has 2 rings (SSSR count). The predicted octanol–water partition coefficient (Wildman–Crippen LogP) is 1.27. The van der Waals surface area contributed by atoms with E-state index < -0.39 is 0 Å². The molecule has 2 heterocycles. The average Bonchev–Trinajstić information content (AvgIpc) is 2.39. The molecular weight excluding hydrogens is 238 g/mol. The summed E-state index contributed by atoms with van der Waals surface area (Å²) in [5, 5.41) is 0. The molecule has 4 nitrogen and oxygen atoms in total. The average molecular weight is 267 g/mol. The van der Waals surface area contributed by atoms with E-state index in [0.717, 1.165) is 25.9 Å². The summed E-state index contributed by atoms with van der Waals surface area (Å²) in [5.41, 5.74) is 0. The first kappa shape index (κ1) is 14.8. The second kappa shape index (κ2) is 6.71. The normalized spacial score (nSPS) is 24.1. The van der Waals surface area contributed by atoms with Gasteiger partial charge in [0, 0.05) is 51.7 Å². The molecule has 0 N–H and O–H groups in total. The van der Waals surface area contributed by atoms with Crippen LogP contribution in [0.5, 0.6) is 0 Å². The Morgan fingerprint density at radius 2 is 1.63 bits per heavy atom. The summed E-state index contributed by atoms with van der Waals surface area (Å²) in [6, 6.07) is 0.705. The number of likely N-dealkylation sites (N-methyl/N-ethyl adjacent to an activating group) is 1. The molecule has 110 valence electrons. The molecule has 0 saturated carbocycles. The minimum Gasteiger partial charge on any atom is -0.343 e. The van der Waals surface area contributed by atoms with E-state index in [1.165, 1.54) is 26.2 Å². The summed E-state index contributed by atoms with van der Waals surface area (Å²) in [4.78, 5) is 19.1. The molecule has 0 aromatic rings. The summed E-state index contributed by atoms with van der Waals surface area (Å²) in [5.74, 6) is 0.828. The van der Waals surface area contributed by atoms with E-state index in [2.05, 4.69) is 35.6 Å². The summed E-state index contributed by atoms with van der Waals surface area (Å²) < 4.78 is 0. The zero-order chi connectivity index (χ0) is 13.8. The maximum Gasteiger partial charge on any atom is 0.222 e. The topological polar surface area (TPSA) is 26.8 Å². The van der Waals surface area contributed by atoms with Crippen molar-refractivity contribution in [1.29, 1.82) is 0 Å². The Morgan fingerprint density at radius 1 is 1.05 bits per heavy atom. The van der Waals surface area contributed by atoms with Gasteiger partial charge in [-0.1, -0.05) is 13.8 Å². The Balaban J connectivity index is 1.74. The van der Waals surface area contributed by atoms with E-state index in [-0.39, 0.29) is 0 Å². The molecule has 2 fully saturated rings. The van der Waals surface area contributed by atoms with Crippen LogP contribution in [0.4, 0.5) is 0 Å². The highest BCUT2D eigenvalue weighted by molar-refractivity contribution is 5.76. The van der Waals surface area contributed by atoms with Crippen LogP contribution in [0, 0.1) is 5.92 Å². The fourth-order valence-electron chi connectivity index (χ4n) is 3.15. The Labute approximate surface area is 117 Å². The number of amides is 1. The van der Waals surface area contributed by atoms with E-state index in [9.17, 15) is 4.79 Å². The van der Waals surface area contributed by atoms with Crippen molar-refractivity contribution in [2.75, 3.05) is 46.3 Å². The van der Waals surface area contributed by atoms with Gasteiger partial charge in [0.25, 0.3) is 0 Å². The zero-order valence-corrected chi connectivity index (χ0v) is 12.8. The predicted molar refractivity (Wildman–Crippen MR) is 78.1 cm³/mol. The van der Waals surface area contributed by atoms with Crippen LogP contribution in [0.25, 0.3) is 0 Å². The van der Waals surface area contributed by atoms with Crippen LogP contribution in [0.15, 0.2) is 0 Å². The third-order valence-corrected chi connectivity index (χ3v) is 4.45. The summed E-state index contributed by atoms with van der Waals surface area (Å²) in [7, 11) is 2.20. The highest BCUT2D eigenvalue weighted by atomic mass is 16.2. The molecule has 2 aliphatic heterocycles. The first-order chi connectivity index (χ1) is 9.06. The third-order valence-electron chi connectivity index (χ3n) is 4.45. The standard InChI is InChI=1S/C15H29N3O/c1-13(2)12-15(19)18-6-4-14(5-7-18)17-10-8-16(3)9-11-17/h13-14H,4-12H2,1-3H3. The SMILES string of the molecule is CC(C)CC(=O)N1CCC(N2CCN(C)CC2)CC1. The number of hydrogen-bond donors (Lipinski definition) is 0. The zero-order valence-electron chi connectivity index (χ0n) is 12.8. The Morgan fingerprint density at radius 3 is 2.16 bits per heavy atom. The Hall–Kier alpha value is -0.610. The van der Waals surface area contributed by atoms with Crippen molar-refractivity contribution >= 4 is 5.91 Å². The van der Waals surface area contributed by atoms with Gasteiger partial charge in [-0.3, -0.25) is 9.69 Å². The minimum atomic E-state index is 0.354. The largest absolute Gasteiger partial charge is 0.343 e. The molecule has 2 saturated heterocycles. The number of nitrogens with zero attached hydrogens (tertiary/aromatic N) is 3. The highest BCUT2D eigenvalue weighted by Gasteiger charge is 2.28. The molecule has 0 aromatic carbocycles. The number of hydrogen-bond acceptors (Lipinski definition) is 3. The second-order valence-electron chi connectivity index (χ2n) is 6.55. The molecule has 0 aliphatic carbocycles. The maximum atomic E-state index is 12.0. The molecule has 2 aliphatic rings. The van der Waals surface area contributed by atoms with Gasteiger partial charge in [-0.25, -0.2) is 0 Å². The van der Waals surface area contributed by atoms with Crippen LogP contribution in [-0.4, -0.2) is 73.0 Å². The van der Waals surface area contributed by atoms with Crippen molar-refractivity contribution in [1.82, 2.24) is 14.7 Å². The Bertz CT molecular complexity index is 290. The molecule has 0 spiro atoms. The van der Waals surface area contributed by atoms with Gasteiger partial charge in [-0.15, -0.1) is 0 Å². The van der Waals surface area contributed by atoms with Crippen molar-refractivity contribution in [3.8, 4) is 0 Å². The molecular formula is C15H29N3O. The van der Waals surface area contributed by atoms with Crippen LogP contribution in [0.1, 0.15) is 33.1 Å². The lowest BCUT2D eigenvalue weighted by atomic mass is 10.0. The maximum absolute atomic E-state index is 12.0. The van der Waals surface area contributed by atoms with E-state index in [0.29, 0.717) is 24.3 Å². The van der Waals surface area contributed by atoms with Crippen LogP contribution in [0.3, 0.4) is 0 Å². The third kappa shape index (κ3) is 4.18. The number of carbonyl (C=O) groups is 1. The first-order valence-corrected chi connectivity index (χ1v) is 7.76. The quantitative estimate of drug-likeness (QED) is 0.770. The van der Waals surface area contributed by atoms with Crippen molar-refractivity contribution in [3.05, 3.63) is 0 Å². The van der Waals surface area contributed by atoms with Gasteiger partial charge >= 0.3 is 0 Å². The number of likely N-dealkylation sites (tertiary alicyclic amines) is 1. The molecule has 0 atom stereocenters. The van der Waals surface area contributed by atoms with E-state index in [1.807, 2.05) is 0 Å². The van der Waals surface area contributed by atoms with E-state index >= 15 is 0 Å². The van der Waals surface area contributed by atoms with Crippen molar-refractivity contribution in [2.45, 2.75) is 39.2 Å². The first-order valence-electron chi connectivity index (χ1n) is 7.76. The number of carbonyl (C=O) groups excluding carboxylic acids is 1. The molecule has 0 unspecified atom stereocenters. The van der Waals surface area contributed by atoms with Crippen LogP contribution >= 0.6 is 0 Å². The van der Waals surface area contributed by atoms with Crippen molar-refractivity contribution < 1.29 is 4.79 Å². The van der Waals surface area contributed by atoms with Crippen LogP contribution in [0.2, 0.25) is 0 Å². The molecule has 0 radical (unpaired) electrons. The number of rotatable bonds is 3. The second-order valence-corrected chi connectivity index (χ2v) is 6.55. The summed E-state index contributed by atoms with van der Waals surface area (Å²) in [6.07, 6.45) is 3.03. The van der Waals surface area contributed by atoms with Gasteiger partial charge in [-0.05, 0) is 25.8 Å². The summed E-state index contributed by atoms with van der Waals surface area (Å²) >= 11 is 0. The number of piperidine rings is 1. The molecule has 1 amide bonds. The van der Waals surface area contributed by atoms with Gasteiger partial charge in [-0.2, -0.15) is 0 Å². The van der Waals surface area contributed by atoms with Gasteiger partial charge in [0.1, 0.15) is 0 Å². The molecule has 0 aromatic heterocycles. The lowest BCUT2D eigenvalue weighted by Crippen LogP contribution is -2.53. The van der Waals surface area contributed by atoms with Gasteiger partial charge < -0.3 is 9.80 Å². The number of piperazine rings is 1. The van der Waals surface area contributed by atoms with Crippen LogP contribution < -0.4 is 0 Å².